The normalized spacial score (nSPS) is 12.0. The minimum atomic E-state index is -4.01. The predicted octanol–water partition coefficient (Wildman–Crippen LogP) is 3.57. The van der Waals surface area contributed by atoms with Gasteiger partial charge in [-0.05, 0) is 24.3 Å². The molecule has 0 aliphatic heterocycles. The fourth-order valence-corrected chi connectivity index (χ4v) is 4.26. The minimum absolute atomic E-state index is 0.0411. The first-order valence-corrected chi connectivity index (χ1v) is 8.39. The van der Waals surface area contributed by atoms with Crippen LogP contribution in [0.25, 0.3) is 21.8 Å². The number of benzene rings is 2. The molecule has 0 bridgehead atoms. The Labute approximate surface area is 131 Å². The molecule has 0 unspecified atom stereocenters. The van der Waals surface area contributed by atoms with E-state index < -0.39 is 15.8 Å². The number of fused-ring (bicyclic) bond motifs is 3. The molecule has 0 spiro atoms. The van der Waals surface area contributed by atoms with Gasteiger partial charge in [0.1, 0.15) is 11.3 Å². The van der Waals surface area contributed by atoms with Gasteiger partial charge in [-0.15, -0.1) is 0 Å². The van der Waals surface area contributed by atoms with Crippen LogP contribution < -0.4 is 0 Å². The van der Waals surface area contributed by atoms with E-state index >= 15 is 0 Å². The van der Waals surface area contributed by atoms with Crippen LogP contribution in [-0.4, -0.2) is 17.4 Å². The van der Waals surface area contributed by atoms with Crippen molar-refractivity contribution in [1.29, 1.82) is 0 Å². The molecular weight excluding hydrogens is 315 g/mol. The first-order chi connectivity index (χ1) is 11.1. The number of aromatic nitrogens is 2. The summed E-state index contributed by atoms with van der Waals surface area (Å²) < 4.78 is 41.5. The van der Waals surface area contributed by atoms with E-state index in [0.717, 1.165) is 3.97 Å². The third kappa shape index (κ3) is 1.95. The third-order valence-electron chi connectivity index (χ3n) is 3.75. The van der Waals surface area contributed by atoms with E-state index in [1.54, 1.807) is 48.5 Å². The lowest BCUT2D eigenvalue weighted by atomic mass is 10.1. The van der Waals surface area contributed by atoms with Crippen molar-refractivity contribution in [3.63, 3.8) is 0 Å². The van der Waals surface area contributed by atoms with E-state index in [1.165, 1.54) is 18.3 Å². The molecule has 114 valence electrons. The van der Waals surface area contributed by atoms with Crippen LogP contribution in [0.3, 0.4) is 0 Å². The monoisotopic (exact) mass is 326 g/mol. The van der Waals surface area contributed by atoms with Gasteiger partial charge in [-0.25, -0.2) is 13.3 Å². The Morgan fingerprint density at radius 1 is 0.870 bits per heavy atom. The number of hydrogen-bond acceptors (Lipinski definition) is 3. The number of rotatable bonds is 2. The van der Waals surface area contributed by atoms with E-state index in [4.69, 9.17) is 0 Å². The fraction of sp³-hybridized carbons (Fsp3) is 0. The molecule has 23 heavy (non-hydrogen) atoms. The number of nitrogens with zero attached hydrogens (tertiary/aromatic N) is 2. The lowest BCUT2D eigenvalue weighted by molar-refractivity contribution is 0.584. The van der Waals surface area contributed by atoms with Crippen LogP contribution in [0, 0.1) is 5.82 Å². The van der Waals surface area contributed by atoms with Crippen molar-refractivity contribution in [3.05, 3.63) is 72.7 Å². The number of halogens is 1. The Hall–Kier alpha value is -2.73. The number of hydrogen-bond donors (Lipinski definition) is 0. The van der Waals surface area contributed by atoms with Crippen LogP contribution in [0.4, 0.5) is 4.39 Å². The van der Waals surface area contributed by atoms with Gasteiger partial charge in [0.15, 0.2) is 5.03 Å². The molecule has 4 rings (SSSR count). The van der Waals surface area contributed by atoms with Gasteiger partial charge < -0.3 is 0 Å². The molecule has 4 nitrogen and oxygen atoms in total. The standard InChI is InChI=1S/C17H11FN2O2S/c18-14-8-5-7-13-12-6-1-2-9-15(12)20(17(13)14)23(21,22)16-10-3-4-11-19-16/h1-11H. The smallest absolute Gasteiger partial charge is 0.243 e. The molecule has 0 amide bonds. The maximum absolute atomic E-state index is 14.4. The van der Waals surface area contributed by atoms with Gasteiger partial charge in [-0.1, -0.05) is 36.4 Å². The highest BCUT2D eigenvalue weighted by atomic mass is 32.2. The van der Waals surface area contributed by atoms with Gasteiger partial charge in [-0.3, -0.25) is 0 Å². The quantitative estimate of drug-likeness (QED) is 0.566. The average Bonchev–Trinajstić information content (AvgIpc) is 2.92. The van der Waals surface area contributed by atoms with Gasteiger partial charge in [0.2, 0.25) is 0 Å². The SMILES string of the molecule is O=S(=O)(c1ccccn1)n1c2ccccc2c2cccc(F)c21. The summed E-state index contributed by atoms with van der Waals surface area (Å²) in [6, 6.07) is 16.1. The summed E-state index contributed by atoms with van der Waals surface area (Å²) in [5, 5.41) is 1.12. The van der Waals surface area contributed by atoms with Crippen LogP contribution in [-0.2, 0) is 10.0 Å². The Bertz CT molecular complexity index is 1140. The molecule has 0 aliphatic carbocycles. The van der Waals surface area contributed by atoms with E-state index in [-0.39, 0.29) is 10.5 Å². The molecule has 0 radical (unpaired) electrons. The third-order valence-corrected chi connectivity index (χ3v) is 5.38. The highest BCUT2D eigenvalue weighted by Gasteiger charge is 2.25. The summed E-state index contributed by atoms with van der Waals surface area (Å²) in [7, 11) is -4.01. The lowest BCUT2D eigenvalue weighted by Crippen LogP contribution is -2.14. The van der Waals surface area contributed by atoms with Crippen LogP contribution in [0.1, 0.15) is 0 Å². The van der Waals surface area contributed by atoms with Crippen LogP contribution in [0.15, 0.2) is 71.9 Å². The van der Waals surface area contributed by atoms with E-state index in [9.17, 15) is 12.8 Å². The predicted molar refractivity (Wildman–Crippen MR) is 86.2 cm³/mol. The van der Waals surface area contributed by atoms with Gasteiger partial charge in [0, 0.05) is 17.0 Å². The molecule has 0 aliphatic rings. The first kappa shape index (κ1) is 13.9. The van der Waals surface area contributed by atoms with Crippen molar-refractivity contribution >= 4 is 31.8 Å². The molecule has 0 N–H and O–H groups in total. The second kappa shape index (κ2) is 4.89. The zero-order chi connectivity index (χ0) is 16.0. The van der Waals surface area contributed by atoms with E-state index in [1.807, 2.05) is 0 Å². The van der Waals surface area contributed by atoms with E-state index in [0.29, 0.717) is 16.3 Å². The van der Waals surface area contributed by atoms with Crippen molar-refractivity contribution in [3.8, 4) is 0 Å². The first-order valence-electron chi connectivity index (χ1n) is 6.95. The molecule has 2 aromatic carbocycles. The highest BCUT2D eigenvalue weighted by molar-refractivity contribution is 7.90. The number of para-hydroxylation sites is 2. The zero-order valence-electron chi connectivity index (χ0n) is 11.8. The fourth-order valence-electron chi connectivity index (χ4n) is 2.78. The Kier molecular flexibility index (Phi) is 2.96. The molecule has 2 heterocycles. The Balaban J connectivity index is 2.22. The average molecular weight is 326 g/mol. The number of pyridine rings is 1. The summed E-state index contributed by atoms with van der Waals surface area (Å²) in [5.74, 6) is -0.585. The van der Waals surface area contributed by atoms with Crippen molar-refractivity contribution in [1.82, 2.24) is 8.96 Å². The minimum Gasteiger partial charge on any atom is -0.243 e. The van der Waals surface area contributed by atoms with Crippen molar-refractivity contribution in [2.24, 2.45) is 0 Å². The Morgan fingerprint density at radius 2 is 1.61 bits per heavy atom. The maximum atomic E-state index is 14.4. The molecule has 0 atom stereocenters. The van der Waals surface area contributed by atoms with Crippen LogP contribution >= 0.6 is 0 Å². The second-order valence-corrected chi connectivity index (χ2v) is 6.82. The van der Waals surface area contributed by atoms with Crippen LogP contribution in [0.5, 0.6) is 0 Å². The summed E-state index contributed by atoms with van der Waals surface area (Å²) in [6.45, 7) is 0. The van der Waals surface area contributed by atoms with E-state index in [2.05, 4.69) is 4.98 Å². The van der Waals surface area contributed by atoms with Crippen molar-refractivity contribution in [2.75, 3.05) is 0 Å². The summed E-state index contributed by atoms with van der Waals surface area (Å²) >= 11 is 0. The van der Waals surface area contributed by atoms with Crippen molar-refractivity contribution in [2.45, 2.75) is 5.03 Å². The summed E-state index contributed by atoms with van der Waals surface area (Å²) in [4.78, 5) is 3.92. The maximum Gasteiger partial charge on any atom is 0.286 e. The molecule has 0 fully saturated rings. The van der Waals surface area contributed by atoms with Gasteiger partial charge >= 0.3 is 0 Å². The molecule has 4 aromatic rings. The van der Waals surface area contributed by atoms with Gasteiger partial charge in [0.25, 0.3) is 10.0 Å². The highest BCUT2D eigenvalue weighted by Crippen LogP contribution is 2.33. The lowest BCUT2D eigenvalue weighted by Gasteiger charge is -2.08. The summed E-state index contributed by atoms with van der Waals surface area (Å²) in [6.07, 6.45) is 1.40. The zero-order valence-corrected chi connectivity index (χ0v) is 12.7. The molecule has 0 saturated heterocycles. The molecule has 6 heteroatoms. The molecular formula is C17H11FN2O2S. The van der Waals surface area contributed by atoms with Gasteiger partial charge in [0.05, 0.1) is 5.52 Å². The second-order valence-electron chi connectivity index (χ2n) is 5.09. The molecule has 2 aromatic heterocycles. The van der Waals surface area contributed by atoms with Crippen molar-refractivity contribution < 1.29 is 12.8 Å². The van der Waals surface area contributed by atoms with Gasteiger partial charge in [-0.2, -0.15) is 8.42 Å². The topological polar surface area (TPSA) is 52.0 Å². The molecule has 0 saturated carbocycles. The largest absolute Gasteiger partial charge is 0.286 e. The van der Waals surface area contributed by atoms with Crippen LogP contribution in [0.2, 0.25) is 0 Å². The Morgan fingerprint density at radius 3 is 2.39 bits per heavy atom. The summed E-state index contributed by atoms with van der Waals surface area (Å²) in [5.41, 5.74) is 0.470.